The van der Waals surface area contributed by atoms with Gasteiger partial charge in [0.15, 0.2) is 0 Å². The quantitative estimate of drug-likeness (QED) is 0.887. The van der Waals surface area contributed by atoms with E-state index >= 15 is 0 Å². The number of carbonyl (C=O) groups excluding carboxylic acids is 2. The van der Waals surface area contributed by atoms with Crippen LogP contribution in [0.4, 0.5) is 15.8 Å². The minimum absolute atomic E-state index is 0.0712. The molecule has 0 bridgehead atoms. The molecule has 1 fully saturated rings. The predicted molar refractivity (Wildman–Crippen MR) is 92.0 cm³/mol. The van der Waals surface area contributed by atoms with Crippen molar-refractivity contribution >= 4 is 46.4 Å². The molecule has 2 aromatic rings. The van der Waals surface area contributed by atoms with Crippen molar-refractivity contribution in [2.24, 2.45) is 5.92 Å². The summed E-state index contributed by atoms with van der Waals surface area (Å²) in [5.41, 5.74) is 1.09. The number of rotatable bonds is 3. The molecule has 2 amide bonds. The Morgan fingerprint density at radius 3 is 2.54 bits per heavy atom. The third-order valence-electron chi connectivity index (χ3n) is 3.82. The van der Waals surface area contributed by atoms with Crippen molar-refractivity contribution in [1.29, 1.82) is 0 Å². The highest BCUT2D eigenvalue weighted by atomic mass is 35.5. The summed E-state index contributed by atoms with van der Waals surface area (Å²) in [6, 6.07) is 10.8. The molecule has 0 spiro atoms. The van der Waals surface area contributed by atoms with Crippen molar-refractivity contribution < 1.29 is 14.0 Å². The van der Waals surface area contributed by atoms with Crippen molar-refractivity contribution in [3.05, 3.63) is 58.3 Å². The maximum absolute atomic E-state index is 13.2. The van der Waals surface area contributed by atoms with Gasteiger partial charge < -0.3 is 10.2 Å². The molecule has 0 saturated carbocycles. The Morgan fingerprint density at radius 2 is 1.88 bits per heavy atom. The van der Waals surface area contributed by atoms with Gasteiger partial charge in [-0.25, -0.2) is 4.39 Å². The molecule has 0 radical (unpaired) electrons. The maximum atomic E-state index is 13.2. The summed E-state index contributed by atoms with van der Waals surface area (Å²) >= 11 is 11.5. The molecule has 1 saturated heterocycles. The van der Waals surface area contributed by atoms with E-state index in [0.29, 0.717) is 16.4 Å². The number of benzene rings is 2. The summed E-state index contributed by atoms with van der Waals surface area (Å²) in [6.45, 7) is 0.279. The monoisotopic (exact) mass is 366 g/mol. The van der Waals surface area contributed by atoms with Crippen LogP contribution in [0.15, 0.2) is 42.5 Å². The van der Waals surface area contributed by atoms with Gasteiger partial charge in [0.25, 0.3) is 0 Å². The van der Waals surface area contributed by atoms with E-state index in [2.05, 4.69) is 5.32 Å². The molecule has 24 heavy (non-hydrogen) atoms. The number of nitrogens with one attached hydrogen (secondary N) is 1. The molecule has 7 heteroatoms. The Kier molecular flexibility index (Phi) is 4.73. The number of hydrogen-bond donors (Lipinski definition) is 1. The number of hydrogen-bond acceptors (Lipinski definition) is 2. The Labute approximate surface area is 148 Å². The van der Waals surface area contributed by atoms with E-state index in [1.54, 1.807) is 29.2 Å². The molecule has 1 aliphatic heterocycles. The Morgan fingerprint density at radius 1 is 1.17 bits per heavy atom. The molecule has 0 aliphatic carbocycles. The number of carbonyl (C=O) groups is 2. The summed E-state index contributed by atoms with van der Waals surface area (Å²) in [5, 5.41) is 3.17. The fourth-order valence-corrected chi connectivity index (χ4v) is 2.88. The smallest absolute Gasteiger partial charge is 0.229 e. The molecule has 1 N–H and O–H groups in total. The van der Waals surface area contributed by atoms with E-state index < -0.39 is 11.7 Å². The Balaban J connectivity index is 1.69. The lowest BCUT2D eigenvalue weighted by atomic mass is 10.1. The van der Waals surface area contributed by atoms with Gasteiger partial charge in [0, 0.05) is 29.4 Å². The third kappa shape index (κ3) is 3.52. The molecule has 1 aliphatic rings. The Bertz CT molecular complexity index is 796. The summed E-state index contributed by atoms with van der Waals surface area (Å²) in [4.78, 5) is 26.1. The van der Waals surface area contributed by atoms with E-state index in [0.717, 1.165) is 0 Å². The maximum Gasteiger partial charge on any atom is 0.229 e. The number of anilines is 2. The molecule has 0 aromatic heterocycles. The van der Waals surface area contributed by atoms with Crippen molar-refractivity contribution in [3.63, 3.8) is 0 Å². The van der Waals surface area contributed by atoms with Crippen LogP contribution in [0.5, 0.6) is 0 Å². The molecule has 4 nitrogen and oxygen atoms in total. The van der Waals surface area contributed by atoms with Gasteiger partial charge >= 0.3 is 0 Å². The van der Waals surface area contributed by atoms with Gasteiger partial charge in [0.1, 0.15) is 5.82 Å². The highest BCUT2D eigenvalue weighted by molar-refractivity contribution is 6.31. The van der Waals surface area contributed by atoms with E-state index in [1.807, 2.05) is 0 Å². The molecular weight excluding hydrogens is 354 g/mol. The van der Waals surface area contributed by atoms with E-state index in [4.69, 9.17) is 23.2 Å². The highest BCUT2D eigenvalue weighted by Gasteiger charge is 2.35. The van der Waals surface area contributed by atoms with Gasteiger partial charge in [-0.15, -0.1) is 0 Å². The van der Waals surface area contributed by atoms with Crippen LogP contribution in [0.1, 0.15) is 6.42 Å². The predicted octanol–water partition coefficient (Wildman–Crippen LogP) is 4.12. The number of halogens is 3. The summed E-state index contributed by atoms with van der Waals surface area (Å²) in [7, 11) is 0. The van der Waals surface area contributed by atoms with Crippen molar-refractivity contribution in [1.82, 2.24) is 0 Å². The van der Waals surface area contributed by atoms with Crippen LogP contribution in [0, 0.1) is 11.7 Å². The first-order valence-electron chi connectivity index (χ1n) is 7.26. The van der Waals surface area contributed by atoms with Crippen molar-refractivity contribution in [2.75, 3.05) is 16.8 Å². The minimum atomic E-state index is -0.556. The van der Waals surface area contributed by atoms with Gasteiger partial charge in [0.05, 0.1) is 10.9 Å². The summed E-state index contributed by atoms with van der Waals surface area (Å²) in [5.74, 6) is -1.48. The van der Waals surface area contributed by atoms with Gasteiger partial charge in [-0.3, -0.25) is 9.59 Å². The molecular formula is C17H13Cl2FN2O2. The van der Waals surface area contributed by atoms with Gasteiger partial charge in [-0.05, 0) is 42.5 Å². The molecule has 0 unspecified atom stereocenters. The normalized spacial score (nSPS) is 17.2. The highest BCUT2D eigenvalue weighted by Crippen LogP contribution is 2.27. The zero-order valence-corrected chi connectivity index (χ0v) is 13.9. The number of nitrogens with zero attached hydrogens (tertiary/aromatic N) is 1. The zero-order valence-electron chi connectivity index (χ0n) is 12.4. The first kappa shape index (κ1) is 16.7. The first-order chi connectivity index (χ1) is 11.4. The van der Waals surface area contributed by atoms with E-state index in [1.165, 1.54) is 18.2 Å². The fraction of sp³-hybridized carbons (Fsp3) is 0.176. The molecule has 124 valence electrons. The lowest BCUT2D eigenvalue weighted by Gasteiger charge is -2.16. The van der Waals surface area contributed by atoms with Crippen LogP contribution in [0.3, 0.4) is 0 Å². The first-order valence-corrected chi connectivity index (χ1v) is 8.01. The SMILES string of the molecule is O=C(Nc1ccc(F)c(Cl)c1)[C@@H]1CC(=O)N(c2ccc(Cl)cc2)C1. The average Bonchev–Trinajstić information content (AvgIpc) is 2.94. The second kappa shape index (κ2) is 6.79. The van der Waals surface area contributed by atoms with E-state index in [9.17, 15) is 14.0 Å². The van der Waals surface area contributed by atoms with Crippen molar-refractivity contribution in [3.8, 4) is 0 Å². The van der Waals surface area contributed by atoms with Crippen LogP contribution in [0.25, 0.3) is 0 Å². The van der Waals surface area contributed by atoms with Gasteiger partial charge in [-0.2, -0.15) is 0 Å². The van der Waals surface area contributed by atoms with Crippen LogP contribution < -0.4 is 10.2 Å². The molecule has 2 aromatic carbocycles. The van der Waals surface area contributed by atoms with Gasteiger partial charge in [-0.1, -0.05) is 23.2 Å². The summed E-state index contributed by atoms with van der Waals surface area (Å²) in [6.07, 6.45) is 0.114. The van der Waals surface area contributed by atoms with Gasteiger partial charge in [0.2, 0.25) is 11.8 Å². The Hall–Kier alpha value is -2.11. The average molecular weight is 367 g/mol. The lowest BCUT2D eigenvalue weighted by molar-refractivity contribution is -0.122. The third-order valence-corrected chi connectivity index (χ3v) is 4.36. The standard InChI is InChI=1S/C17H13Cl2FN2O2/c18-11-1-4-13(5-2-11)22-9-10(7-16(22)23)17(24)21-12-3-6-15(20)14(19)8-12/h1-6,8,10H,7,9H2,(H,21,24)/t10-/m1/s1. The number of amides is 2. The lowest BCUT2D eigenvalue weighted by Crippen LogP contribution is -2.28. The van der Waals surface area contributed by atoms with Crippen LogP contribution in [-0.4, -0.2) is 18.4 Å². The molecule has 1 atom stereocenters. The second-order valence-electron chi connectivity index (χ2n) is 5.50. The topological polar surface area (TPSA) is 49.4 Å². The van der Waals surface area contributed by atoms with Crippen LogP contribution in [0.2, 0.25) is 10.0 Å². The molecule has 1 heterocycles. The van der Waals surface area contributed by atoms with Crippen LogP contribution >= 0.6 is 23.2 Å². The largest absolute Gasteiger partial charge is 0.326 e. The van der Waals surface area contributed by atoms with E-state index in [-0.39, 0.29) is 29.8 Å². The van der Waals surface area contributed by atoms with Crippen molar-refractivity contribution in [2.45, 2.75) is 6.42 Å². The second-order valence-corrected chi connectivity index (χ2v) is 6.34. The minimum Gasteiger partial charge on any atom is -0.326 e. The fourth-order valence-electron chi connectivity index (χ4n) is 2.57. The zero-order chi connectivity index (χ0) is 17.3. The molecule has 3 rings (SSSR count). The summed E-state index contributed by atoms with van der Waals surface area (Å²) < 4.78 is 13.2. The van der Waals surface area contributed by atoms with Crippen LogP contribution in [-0.2, 0) is 9.59 Å².